The number of nitrogens with zero attached hydrogens (tertiary/aromatic N) is 1. The lowest BCUT2D eigenvalue weighted by Gasteiger charge is -2.22. The molecule has 2 atom stereocenters. The number of anilines is 1. The molecule has 0 radical (unpaired) electrons. The number of Topliss-reactive ketones (excluding diaryl/α,β-unsaturated/α-hetero) is 2. The maximum Gasteiger partial charge on any atom is 0.293 e. The molecule has 9 heteroatoms. The van der Waals surface area contributed by atoms with Crippen molar-refractivity contribution in [1.82, 2.24) is 10.2 Å². The molecule has 0 bridgehead atoms. The van der Waals surface area contributed by atoms with Crippen molar-refractivity contribution >= 4 is 35.5 Å². The predicted molar refractivity (Wildman–Crippen MR) is 113 cm³/mol. The summed E-state index contributed by atoms with van der Waals surface area (Å²) >= 11 is 0. The summed E-state index contributed by atoms with van der Waals surface area (Å²) in [6, 6.07) is 6.55. The van der Waals surface area contributed by atoms with Gasteiger partial charge in [-0.05, 0) is 23.6 Å². The van der Waals surface area contributed by atoms with Crippen LogP contribution in [0.25, 0.3) is 0 Å². The summed E-state index contributed by atoms with van der Waals surface area (Å²) in [5.41, 5.74) is 1.64. The van der Waals surface area contributed by atoms with Crippen LogP contribution >= 0.6 is 0 Å². The maximum absolute atomic E-state index is 12.6. The van der Waals surface area contributed by atoms with Crippen LogP contribution in [0.1, 0.15) is 39.2 Å². The highest BCUT2D eigenvalue weighted by atomic mass is 16.5. The minimum atomic E-state index is -0.691. The van der Waals surface area contributed by atoms with Crippen molar-refractivity contribution in [1.29, 1.82) is 0 Å². The fraction of sp³-hybridized carbons (Fsp3) is 0.500. The van der Waals surface area contributed by atoms with Gasteiger partial charge in [-0.1, -0.05) is 32.9 Å². The van der Waals surface area contributed by atoms with Gasteiger partial charge in [-0.15, -0.1) is 0 Å². The number of carbonyl (C=O) groups is 5. The Morgan fingerprint density at radius 3 is 2.45 bits per heavy atom. The van der Waals surface area contributed by atoms with Gasteiger partial charge < -0.3 is 10.1 Å². The summed E-state index contributed by atoms with van der Waals surface area (Å²) in [6.45, 7) is 6.12. The number of carbonyl (C=O) groups excluding carboxylic acids is 5. The molecule has 31 heavy (non-hydrogen) atoms. The molecule has 1 aliphatic heterocycles. The van der Waals surface area contributed by atoms with E-state index in [1.807, 2.05) is 38.1 Å². The van der Waals surface area contributed by atoms with Gasteiger partial charge >= 0.3 is 0 Å². The van der Waals surface area contributed by atoms with Crippen LogP contribution in [0.4, 0.5) is 5.69 Å². The van der Waals surface area contributed by atoms with Gasteiger partial charge in [0.2, 0.25) is 23.4 Å². The van der Waals surface area contributed by atoms with Crippen LogP contribution in [0.5, 0.6) is 0 Å². The molecular weight excluding hydrogens is 402 g/mol. The summed E-state index contributed by atoms with van der Waals surface area (Å²) in [5.74, 6) is -2.27. The van der Waals surface area contributed by atoms with Gasteiger partial charge in [0, 0.05) is 31.0 Å². The lowest BCUT2D eigenvalue weighted by atomic mass is 9.96. The second-order valence-electron chi connectivity index (χ2n) is 7.91. The van der Waals surface area contributed by atoms with E-state index >= 15 is 0 Å². The Bertz CT molecular complexity index is 821. The molecule has 1 aromatic carbocycles. The molecule has 1 unspecified atom stereocenters. The molecule has 2 N–H and O–H groups in total. The monoisotopic (exact) mass is 431 g/mol. The Morgan fingerprint density at radius 2 is 1.90 bits per heavy atom. The summed E-state index contributed by atoms with van der Waals surface area (Å²) in [7, 11) is 0. The minimum absolute atomic E-state index is 0.0597. The predicted octanol–water partition coefficient (Wildman–Crippen LogP) is 1.27. The van der Waals surface area contributed by atoms with Gasteiger partial charge in [0.1, 0.15) is 6.61 Å². The Kier molecular flexibility index (Phi) is 8.87. The number of ketones is 2. The minimum Gasteiger partial charge on any atom is -0.463 e. The van der Waals surface area contributed by atoms with Crippen molar-refractivity contribution in [3.8, 4) is 0 Å². The Labute approximate surface area is 181 Å². The van der Waals surface area contributed by atoms with Gasteiger partial charge in [0.15, 0.2) is 0 Å². The van der Waals surface area contributed by atoms with Crippen LogP contribution in [-0.2, 0) is 35.3 Å². The van der Waals surface area contributed by atoms with E-state index in [1.165, 1.54) is 0 Å². The zero-order chi connectivity index (χ0) is 23.0. The molecule has 1 fully saturated rings. The first-order valence-corrected chi connectivity index (χ1v) is 10.3. The molecule has 0 saturated carbocycles. The van der Waals surface area contributed by atoms with E-state index < -0.39 is 17.6 Å². The normalized spacial score (nSPS) is 17.0. The van der Waals surface area contributed by atoms with Crippen molar-refractivity contribution in [3.05, 3.63) is 29.8 Å². The topological polar surface area (TPSA) is 122 Å². The molecule has 0 aromatic heterocycles. The zero-order valence-corrected chi connectivity index (χ0v) is 18.1. The van der Waals surface area contributed by atoms with E-state index in [-0.39, 0.29) is 56.3 Å². The molecule has 2 amide bonds. The quantitative estimate of drug-likeness (QED) is 0.207. The molecule has 2 rings (SSSR count). The molecule has 1 saturated heterocycles. The fourth-order valence-corrected chi connectivity index (χ4v) is 3.34. The summed E-state index contributed by atoms with van der Waals surface area (Å²) in [4.78, 5) is 60.1. The Hall–Kier alpha value is -3.07. The molecular formula is C22H29N3O6. The van der Waals surface area contributed by atoms with Crippen molar-refractivity contribution in [2.24, 2.45) is 11.8 Å². The number of imide groups is 1. The van der Waals surface area contributed by atoms with E-state index in [9.17, 15) is 24.0 Å². The van der Waals surface area contributed by atoms with Gasteiger partial charge in [-0.25, -0.2) is 0 Å². The number of likely N-dealkylation sites (tertiary alicyclic amines) is 1. The van der Waals surface area contributed by atoms with Crippen molar-refractivity contribution < 1.29 is 28.7 Å². The third kappa shape index (κ3) is 6.71. The van der Waals surface area contributed by atoms with Gasteiger partial charge in [0.25, 0.3) is 6.47 Å². The number of ether oxygens (including phenoxy) is 1. The van der Waals surface area contributed by atoms with Crippen LogP contribution in [-0.4, -0.2) is 54.0 Å². The standard InChI is InChI=1S/C22H29N3O6/c1-14(2)20(24-12-23-17-6-4-16(5-7-17)11-31-13-26)21(29)18(27)8-9-25-19(28)10-15(3)22(25)30/h4-7,13-15,20,23-24H,8-12H2,1-3H3/t15?,20-/m0/s1. The number of benzene rings is 1. The average Bonchev–Trinajstić information content (AvgIpc) is 2.99. The molecule has 0 spiro atoms. The van der Waals surface area contributed by atoms with Crippen LogP contribution in [0.2, 0.25) is 0 Å². The third-order valence-corrected chi connectivity index (χ3v) is 5.14. The summed E-state index contributed by atoms with van der Waals surface area (Å²) < 4.78 is 4.69. The fourth-order valence-electron chi connectivity index (χ4n) is 3.34. The van der Waals surface area contributed by atoms with Crippen molar-refractivity contribution in [2.75, 3.05) is 18.5 Å². The second kappa shape index (κ2) is 11.4. The third-order valence-electron chi connectivity index (χ3n) is 5.14. The number of amides is 2. The van der Waals surface area contributed by atoms with Gasteiger partial charge in [-0.2, -0.15) is 0 Å². The lowest BCUT2D eigenvalue weighted by molar-refractivity contribution is -0.142. The molecule has 0 aliphatic carbocycles. The van der Waals surface area contributed by atoms with E-state index in [4.69, 9.17) is 4.74 Å². The summed E-state index contributed by atoms with van der Waals surface area (Å²) in [6.07, 6.45) is -0.0282. The van der Waals surface area contributed by atoms with E-state index in [1.54, 1.807) is 6.92 Å². The van der Waals surface area contributed by atoms with E-state index in [2.05, 4.69) is 10.6 Å². The van der Waals surface area contributed by atoms with Gasteiger partial charge in [-0.3, -0.25) is 34.2 Å². The highest BCUT2D eigenvalue weighted by Gasteiger charge is 2.36. The van der Waals surface area contributed by atoms with Crippen molar-refractivity contribution in [2.45, 2.75) is 46.3 Å². The highest BCUT2D eigenvalue weighted by molar-refractivity contribution is 6.39. The van der Waals surface area contributed by atoms with E-state index in [0.29, 0.717) is 6.47 Å². The first-order chi connectivity index (χ1) is 14.7. The maximum atomic E-state index is 12.6. The molecule has 1 aliphatic rings. The van der Waals surface area contributed by atoms with Crippen LogP contribution in [0.15, 0.2) is 24.3 Å². The van der Waals surface area contributed by atoms with Crippen molar-refractivity contribution in [3.63, 3.8) is 0 Å². The average molecular weight is 431 g/mol. The molecule has 1 heterocycles. The molecule has 1 aromatic rings. The first kappa shape index (κ1) is 24.2. The number of rotatable bonds is 13. The van der Waals surface area contributed by atoms with Crippen LogP contribution in [0.3, 0.4) is 0 Å². The van der Waals surface area contributed by atoms with Gasteiger partial charge in [0.05, 0.1) is 12.7 Å². The SMILES string of the molecule is CC1CC(=O)N(CCC(=O)C(=O)[C@@H](NCNc2ccc(COC=O)cc2)C(C)C)C1=O. The number of hydrogen-bond acceptors (Lipinski definition) is 8. The van der Waals surface area contributed by atoms with E-state index in [0.717, 1.165) is 16.2 Å². The molecule has 168 valence electrons. The molecule has 9 nitrogen and oxygen atoms in total. The highest BCUT2D eigenvalue weighted by Crippen LogP contribution is 2.19. The Morgan fingerprint density at radius 1 is 1.23 bits per heavy atom. The smallest absolute Gasteiger partial charge is 0.293 e. The number of hydrogen-bond donors (Lipinski definition) is 2. The largest absolute Gasteiger partial charge is 0.463 e. The summed E-state index contributed by atoms with van der Waals surface area (Å²) in [5, 5.41) is 6.17. The van der Waals surface area contributed by atoms with Crippen LogP contribution < -0.4 is 10.6 Å². The first-order valence-electron chi connectivity index (χ1n) is 10.3. The zero-order valence-electron chi connectivity index (χ0n) is 18.1. The lowest BCUT2D eigenvalue weighted by Crippen LogP contribution is -2.47. The van der Waals surface area contributed by atoms with Crippen LogP contribution in [0, 0.1) is 11.8 Å². The second-order valence-corrected chi connectivity index (χ2v) is 7.91. The Balaban J connectivity index is 1.84. The number of nitrogens with one attached hydrogen (secondary N) is 2.